The van der Waals surface area contributed by atoms with E-state index in [2.05, 4.69) is 16.1 Å². The normalized spacial score (nSPS) is 10.0. The highest BCUT2D eigenvalue weighted by Crippen LogP contribution is 2.18. The van der Waals surface area contributed by atoms with Crippen LogP contribution in [0.1, 0.15) is 21.6 Å². The third-order valence-electron chi connectivity index (χ3n) is 3.05. The maximum atomic E-state index is 13.7. The van der Waals surface area contributed by atoms with Crippen molar-refractivity contribution in [3.63, 3.8) is 0 Å². The fraction of sp³-hybridized carbons (Fsp3) is 0.200. The van der Waals surface area contributed by atoms with Crippen molar-refractivity contribution in [2.75, 3.05) is 12.4 Å². The lowest BCUT2D eigenvalue weighted by molar-refractivity contribution is 0.0600. The topological polar surface area (TPSA) is 67.0 Å². The smallest absolute Gasteiger partial charge is 0.337 e. The van der Waals surface area contributed by atoms with Gasteiger partial charge in [-0.15, -0.1) is 0 Å². The van der Waals surface area contributed by atoms with E-state index in [9.17, 15) is 9.18 Å². The number of halogens is 1. The number of aryl methyl sites for hydroxylation is 1. The molecule has 5 nitrogen and oxygen atoms in total. The number of nitriles is 1. The van der Waals surface area contributed by atoms with Crippen molar-refractivity contribution >= 4 is 11.7 Å². The largest absolute Gasteiger partial charge is 0.465 e. The lowest BCUT2D eigenvalue weighted by Crippen LogP contribution is -2.05. The van der Waals surface area contributed by atoms with E-state index < -0.39 is 11.8 Å². The summed E-state index contributed by atoms with van der Waals surface area (Å²) < 4.78 is 20.0. The van der Waals surface area contributed by atoms with Gasteiger partial charge in [0.15, 0.2) is 0 Å². The Labute approximate surface area is 121 Å². The molecule has 1 aromatic carbocycles. The van der Waals surface area contributed by atoms with Crippen molar-refractivity contribution in [3.8, 4) is 6.07 Å². The van der Waals surface area contributed by atoms with Crippen LogP contribution in [0.2, 0.25) is 0 Å². The Kier molecular flexibility index (Phi) is 4.24. The van der Waals surface area contributed by atoms with Crippen molar-refractivity contribution in [3.05, 3.63) is 53.1 Å². The summed E-state index contributed by atoms with van der Waals surface area (Å²) in [4.78, 5) is 11.4. The molecule has 0 radical (unpaired) electrons. The molecule has 0 atom stereocenters. The van der Waals surface area contributed by atoms with Crippen LogP contribution >= 0.6 is 0 Å². The maximum Gasteiger partial charge on any atom is 0.337 e. The third kappa shape index (κ3) is 3.20. The summed E-state index contributed by atoms with van der Waals surface area (Å²) in [5.74, 6) is -0.983. The van der Waals surface area contributed by atoms with Crippen LogP contribution in [-0.2, 0) is 18.3 Å². The maximum absolute atomic E-state index is 13.7. The van der Waals surface area contributed by atoms with Crippen LogP contribution in [0.25, 0.3) is 0 Å². The number of nitrogens with zero attached hydrogens (tertiary/aromatic N) is 2. The van der Waals surface area contributed by atoms with Gasteiger partial charge in [0.25, 0.3) is 0 Å². The van der Waals surface area contributed by atoms with Gasteiger partial charge >= 0.3 is 5.97 Å². The van der Waals surface area contributed by atoms with Crippen LogP contribution in [0, 0.1) is 17.1 Å². The van der Waals surface area contributed by atoms with E-state index in [1.54, 1.807) is 23.9 Å². The van der Waals surface area contributed by atoms with E-state index >= 15 is 0 Å². The number of aromatic nitrogens is 1. The molecule has 0 spiro atoms. The molecule has 2 aromatic rings. The Morgan fingerprint density at radius 2 is 2.24 bits per heavy atom. The van der Waals surface area contributed by atoms with E-state index in [4.69, 9.17) is 5.26 Å². The Hall–Kier alpha value is -2.81. The second-order valence-corrected chi connectivity index (χ2v) is 4.50. The van der Waals surface area contributed by atoms with Gasteiger partial charge in [-0.2, -0.15) is 5.26 Å². The summed E-state index contributed by atoms with van der Waals surface area (Å²) in [7, 11) is 3.03. The predicted molar refractivity (Wildman–Crippen MR) is 75.2 cm³/mol. The zero-order valence-corrected chi connectivity index (χ0v) is 11.7. The molecular formula is C15H14FN3O2. The van der Waals surface area contributed by atoms with Gasteiger partial charge in [-0.25, -0.2) is 9.18 Å². The number of rotatable bonds is 4. The zero-order valence-electron chi connectivity index (χ0n) is 11.7. The highest BCUT2D eigenvalue weighted by Gasteiger charge is 2.10. The van der Waals surface area contributed by atoms with Crippen molar-refractivity contribution in [2.45, 2.75) is 6.54 Å². The average molecular weight is 287 g/mol. The minimum absolute atomic E-state index is 0.209. The molecule has 0 amide bonds. The SMILES string of the molecule is COC(=O)c1ccc(F)c(NCc2cc(C#N)n(C)c2)c1. The number of hydrogen-bond acceptors (Lipinski definition) is 4. The quantitative estimate of drug-likeness (QED) is 0.877. The highest BCUT2D eigenvalue weighted by molar-refractivity contribution is 5.90. The summed E-state index contributed by atoms with van der Waals surface area (Å²) in [5, 5.41) is 11.8. The molecule has 0 aliphatic carbocycles. The molecule has 1 heterocycles. The molecule has 0 bridgehead atoms. The van der Waals surface area contributed by atoms with E-state index in [0.29, 0.717) is 12.2 Å². The van der Waals surface area contributed by atoms with Crippen LogP contribution < -0.4 is 5.32 Å². The van der Waals surface area contributed by atoms with Gasteiger partial charge < -0.3 is 14.6 Å². The van der Waals surface area contributed by atoms with Crippen molar-refractivity contribution in [1.29, 1.82) is 5.26 Å². The fourth-order valence-corrected chi connectivity index (χ4v) is 1.94. The van der Waals surface area contributed by atoms with E-state index in [0.717, 1.165) is 5.56 Å². The number of hydrogen-bond donors (Lipinski definition) is 1. The Morgan fingerprint density at radius 1 is 1.48 bits per heavy atom. The molecular weight excluding hydrogens is 273 g/mol. The second-order valence-electron chi connectivity index (χ2n) is 4.50. The minimum Gasteiger partial charge on any atom is -0.465 e. The summed E-state index contributed by atoms with van der Waals surface area (Å²) >= 11 is 0. The first-order valence-corrected chi connectivity index (χ1v) is 6.22. The van der Waals surface area contributed by atoms with Gasteiger partial charge in [0.1, 0.15) is 17.6 Å². The number of methoxy groups -OCH3 is 1. The Balaban J connectivity index is 2.15. The van der Waals surface area contributed by atoms with Crippen LogP contribution in [0.15, 0.2) is 30.5 Å². The standard InChI is InChI=1S/C15H14FN3O2/c1-19-9-10(5-12(19)7-17)8-18-14-6-11(15(20)21-2)3-4-13(14)16/h3-6,9,18H,8H2,1-2H3. The highest BCUT2D eigenvalue weighted by atomic mass is 19.1. The number of carbonyl (C=O) groups excluding carboxylic acids is 1. The molecule has 0 aliphatic rings. The fourth-order valence-electron chi connectivity index (χ4n) is 1.94. The first-order chi connectivity index (χ1) is 10.0. The lowest BCUT2D eigenvalue weighted by Gasteiger charge is -2.08. The zero-order chi connectivity index (χ0) is 15.4. The summed E-state index contributed by atoms with van der Waals surface area (Å²) in [5.41, 5.74) is 1.85. The van der Waals surface area contributed by atoms with E-state index in [-0.39, 0.29) is 11.3 Å². The third-order valence-corrected chi connectivity index (χ3v) is 3.05. The van der Waals surface area contributed by atoms with Gasteiger partial charge in [-0.3, -0.25) is 0 Å². The summed E-state index contributed by atoms with van der Waals surface area (Å²) in [6, 6.07) is 7.74. The van der Waals surface area contributed by atoms with E-state index in [1.165, 1.54) is 25.3 Å². The van der Waals surface area contributed by atoms with Crippen molar-refractivity contribution < 1.29 is 13.9 Å². The lowest BCUT2D eigenvalue weighted by atomic mass is 10.2. The van der Waals surface area contributed by atoms with Crippen molar-refractivity contribution in [2.24, 2.45) is 7.05 Å². The number of carbonyl (C=O) groups is 1. The predicted octanol–water partition coefficient (Wildman–Crippen LogP) is 2.43. The first-order valence-electron chi connectivity index (χ1n) is 6.22. The molecule has 0 saturated heterocycles. The molecule has 0 saturated carbocycles. The van der Waals surface area contributed by atoms with Crippen LogP contribution in [0.5, 0.6) is 0 Å². The van der Waals surface area contributed by atoms with Crippen LogP contribution in [-0.4, -0.2) is 17.6 Å². The number of nitrogens with one attached hydrogen (secondary N) is 1. The molecule has 2 rings (SSSR count). The van der Waals surface area contributed by atoms with Gasteiger partial charge in [-0.05, 0) is 29.8 Å². The van der Waals surface area contributed by atoms with Gasteiger partial charge in [0, 0.05) is 19.8 Å². The molecule has 21 heavy (non-hydrogen) atoms. The number of benzene rings is 1. The Morgan fingerprint density at radius 3 is 2.86 bits per heavy atom. The molecule has 0 unspecified atom stereocenters. The van der Waals surface area contributed by atoms with Gasteiger partial charge in [0.05, 0.1) is 18.4 Å². The molecule has 0 fully saturated rings. The number of anilines is 1. The summed E-state index contributed by atoms with van der Waals surface area (Å²) in [6.45, 7) is 0.344. The van der Waals surface area contributed by atoms with Gasteiger partial charge in [-0.1, -0.05) is 0 Å². The second kappa shape index (κ2) is 6.09. The van der Waals surface area contributed by atoms with Gasteiger partial charge in [0.2, 0.25) is 0 Å². The molecule has 0 aliphatic heterocycles. The molecule has 6 heteroatoms. The number of ether oxygens (including phenoxy) is 1. The van der Waals surface area contributed by atoms with Crippen molar-refractivity contribution in [1.82, 2.24) is 4.57 Å². The monoisotopic (exact) mass is 287 g/mol. The first kappa shape index (κ1) is 14.6. The molecule has 1 aromatic heterocycles. The Bertz CT molecular complexity index is 716. The van der Waals surface area contributed by atoms with Crippen LogP contribution in [0.4, 0.5) is 10.1 Å². The summed E-state index contributed by atoms with van der Waals surface area (Å²) in [6.07, 6.45) is 1.79. The number of esters is 1. The average Bonchev–Trinajstić information content (AvgIpc) is 2.85. The molecule has 108 valence electrons. The minimum atomic E-state index is -0.524. The van der Waals surface area contributed by atoms with Crippen LogP contribution in [0.3, 0.4) is 0 Å². The molecule has 1 N–H and O–H groups in total. The van der Waals surface area contributed by atoms with E-state index in [1.807, 2.05) is 0 Å².